The topological polar surface area (TPSA) is 30.0 Å². The molecule has 0 radical (unpaired) electrons. The number of rotatable bonds is 5. The van der Waals surface area contributed by atoms with E-state index in [9.17, 15) is 4.21 Å². The summed E-state index contributed by atoms with van der Waals surface area (Å²) in [4.78, 5) is 4.09. The monoisotopic (exact) mass is 279 g/mol. The van der Waals surface area contributed by atoms with Crippen LogP contribution in [0.2, 0.25) is 10.0 Å². The van der Waals surface area contributed by atoms with Crippen LogP contribution in [0.15, 0.2) is 12.3 Å². The van der Waals surface area contributed by atoms with Crippen molar-refractivity contribution in [2.45, 2.75) is 26.0 Å². The molecule has 0 aromatic carbocycles. The maximum atomic E-state index is 11.7. The number of nitrogens with zero attached hydrogens (tertiary/aromatic N) is 1. The van der Waals surface area contributed by atoms with E-state index < -0.39 is 10.8 Å². The highest BCUT2D eigenvalue weighted by Crippen LogP contribution is 2.19. The Morgan fingerprint density at radius 3 is 2.69 bits per heavy atom. The van der Waals surface area contributed by atoms with Gasteiger partial charge in [0.25, 0.3) is 0 Å². The molecule has 0 aliphatic heterocycles. The summed E-state index contributed by atoms with van der Waals surface area (Å²) in [5.74, 6) is 1.67. The summed E-state index contributed by atoms with van der Waals surface area (Å²) in [6, 6.07) is 1.63. The number of aromatic nitrogens is 1. The van der Waals surface area contributed by atoms with Gasteiger partial charge in [0, 0.05) is 22.7 Å². The first kappa shape index (κ1) is 13.9. The maximum absolute atomic E-state index is 11.7. The Labute approximate surface area is 109 Å². The predicted molar refractivity (Wildman–Crippen MR) is 70.4 cm³/mol. The van der Waals surface area contributed by atoms with Gasteiger partial charge in [-0.1, -0.05) is 37.0 Å². The van der Waals surface area contributed by atoms with Crippen molar-refractivity contribution in [2.75, 3.05) is 5.75 Å². The van der Waals surface area contributed by atoms with E-state index >= 15 is 0 Å². The lowest BCUT2D eigenvalue weighted by molar-refractivity contribution is 0.619. The molecule has 0 saturated carbocycles. The smallest absolute Gasteiger partial charge is 0.0715 e. The molecule has 0 aliphatic carbocycles. The quantitative estimate of drug-likeness (QED) is 0.823. The number of halogens is 2. The number of hydrogen-bond acceptors (Lipinski definition) is 2. The molecular formula is C11H15Cl2NOS. The lowest BCUT2D eigenvalue weighted by atomic mass is 10.2. The van der Waals surface area contributed by atoms with Crippen LogP contribution in [-0.2, 0) is 16.6 Å². The highest BCUT2D eigenvalue weighted by Gasteiger charge is 2.08. The zero-order valence-electron chi connectivity index (χ0n) is 9.37. The van der Waals surface area contributed by atoms with Crippen molar-refractivity contribution in [3.63, 3.8) is 0 Å². The van der Waals surface area contributed by atoms with Gasteiger partial charge < -0.3 is 0 Å². The third-order valence-electron chi connectivity index (χ3n) is 2.10. The van der Waals surface area contributed by atoms with Gasteiger partial charge in [0.05, 0.1) is 21.5 Å². The summed E-state index contributed by atoms with van der Waals surface area (Å²) in [7, 11) is -0.898. The Morgan fingerprint density at radius 2 is 2.12 bits per heavy atom. The zero-order chi connectivity index (χ0) is 12.1. The lowest BCUT2D eigenvalue weighted by Crippen LogP contribution is -2.05. The van der Waals surface area contributed by atoms with Crippen molar-refractivity contribution in [2.24, 2.45) is 5.92 Å². The molecule has 90 valence electrons. The van der Waals surface area contributed by atoms with Crippen LogP contribution in [0.5, 0.6) is 0 Å². The number of pyridine rings is 1. The van der Waals surface area contributed by atoms with Crippen LogP contribution in [0.1, 0.15) is 26.0 Å². The van der Waals surface area contributed by atoms with Crippen molar-refractivity contribution in [1.29, 1.82) is 0 Å². The predicted octanol–water partition coefficient (Wildman–Crippen LogP) is 3.68. The Bertz CT molecular complexity index is 382. The minimum atomic E-state index is -0.898. The first-order valence-electron chi connectivity index (χ1n) is 5.14. The van der Waals surface area contributed by atoms with Gasteiger partial charge in [-0.05, 0) is 18.4 Å². The second-order valence-electron chi connectivity index (χ2n) is 4.05. The van der Waals surface area contributed by atoms with E-state index in [-0.39, 0.29) is 0 Å². The third-order valence-corrected chi connectivity index (χ3v) is 3.93. The standard InChI is InChI=1S/C11H15Cl2NOS/c1-8(2)3-4-16(15)7-11-10(13)5-9(12)6-14-11/h5-6,8H,3-4,7H2,1-2H3/t16-/m1/s1. The van der Waals surface area contributed by atoms with E-state index in [4.69, 9.17) is 23.2 Å². The van der Waals surface area contributed by atoms with Crippen LogP contribution in [0.25, 0.3) is 0 Å². The fourth-order valence-corrected chi connectivity index (χ4v) is 3.08. The van der Waals surface area contributed by atoms with Crippen molar-refractivity contribution in [3.05, 3.63) is 28.0 Å². The molecular weight excluding hydrogens is 265 g/mol. The molecule has 1 rings (SSSR count). The highest BCUT2D eigenvalue weighted by molar-refractivity contribution is 7.84. The Morgan fingerprint density at radius 1 is 1.44 bits per heavy atom. The van der Waals surface area contributed by atoms with Crippen LogP contribution in [-0.4, -0.2) is 14.9 Å². The molecule has 0 bridgehead atoms. The Balaban J connectivity index is 2.56. The fraction of sp³-hybridized carbons (Fsp3) is 0.545. The van der Waals surface area contributed by atoms with Crippen molar-refractivity contribution < 1.29 is 4.21 Å². The van der Waals surface area contributed by atoms with Crippen molar-refractivity contribution in [1.82, 2.24) is 4.98 Å². The van der Waals surface area contributed by atoms with Crippen LogP contribution < -0.4 is 0 Å². The molecule has 1 aromatic heterocycles. The SMILES string of the molecule is CC(C)CC[S@@](=O)Cc1ncc(Cl)cc1Cl. The molecule has 2 nitrogen and oxygen atoms in total. The van der Waals surface area contributed by atoms with Gasteiger partial charge in [0.2, 0.25) is 0 Å². The van der Waals surface area contributed by atoms with Gasteiger partial charge in [-0.2, -0.15) is 0 Å². The summed E-state index contributed by atoms with van der Waals surface area (Å²) in [5.41, 5.74) is 0.660. The van der Waals surface area contributed by atoms with E-state index in [1.54, 1.807) is 6.07 Å². The molecule has 0 aliphatic rings. The molecule has 0 saturated heterocycles. The molecule has 0 fully saturated rings. The summed E-state index contributed by atoms with van der Waals surface area (Å²) in [6.07, 6.45) is 2.49. The van der Waals surface area contributed by atoms with Crippen LogP contribution in [0.4, 0.5) is 0 Å². The van der Waals surface area contributed by atoms with Gasteiger partial charge in [-0.25, -0.2) is 0 Å². The van der Waals surface area contributed by atoms with Crippen LogP contribution >= 0.6 is 23.2 Å². The van der Waals surface area contributed by atoms with E-state index in [0.717, 1.165) is 6.42 Å². The minimum absolute atomic E-state index is 0.405. The molecule has 0 unspecified atom stereocenters. The van der Waals surface area contributed by atoms with E-state index in [0.29, 0.717) is 33.2 Å². The molecule has 1 heterocycles. The van der Waals surface area contributed by atoms with E-state index in [2.05, 4.69) is 18.8 Å². The molecule has 1 aromatic rings. The van der Waals surface area contributed by atoms with Gasteiger partial charge in [-0.3, -0.25) is 9.19 Å². The second-order valence-corrected chi connectivity index (χ2v) is 6.47. The largest absolute Gasteiger partial charge is 0.259 e. The summed E-state index contributed by atoms with van der Waals surface area (Å²) < 4.78 is 11.7. The molecule has 0 N–H and O–H groups in total. The van der Waals surface area contributed by atoms with Gasteiger partial charge in [-0.15, -0.1) is 0 Å². The first-order chi connectivity index (χ1) is 7.49. The summed E-state index contributed by atoms with van der Waals surface area (Å²) >= 11 is 11.7. The highest BCUT2D eigenvalue weighted by atomic mass is 35.5. The minimum Gasteiger partial charge on any atom is -0.259 e. The van der Waals surface area contributed by atoms with Gasteiger partial charge in [0.1, 0.15) is 0 Å². The molecule has 0 amide bonds. The van der Waals surface area contributed by atoms with Crippen molar-refractivity contribution >= 4 is 34.0 Å². The summed E-state index contributed by atoms with van der Waals surface area (Å²) in [5, 5.41) is 0.993. The third kappa shape index (κ3) is 4.81. The normalized spacial score (nSPS) is 13.1. The summed E-state index contributed by atoms with van der Waals surface area (Å²) in [6.45, 7) is 4.23. The first-order valence-corrected chi connectivity index (χ1v) is 7.38. The molecule has 0 spiro atoms. The van der Waals surface area contributed by atoms with E-state index in [1.807, 2.05) is 0 Å². The maximum Gasteiger partial charge on any atom is 0.0715 e. The van der Waals surface area contributed by atoms with Crippen LogP contribution in [0, 0.1) is 5.92 Å². The van der Waals surface area contributed by atoms with Crippen LogP contribution in [0.3, 0.4) is 0 Å². The van der Waals surface area contributed by atoms with E-state index in [1.165, 1.54) is 6.20 Å². The fourth-order valence-electron chi connectivity index (χ4n) is 1.14. The molecule has 5 heteroatoms. The average molecular weight is 280 g/mol. The Hall–Kier alpha value is -0.120. The molecule has 16 heavy (non-hydrogen) atoms. The Kier molecular flexibility index (Phi) is 5.73. The van der Waals surface area contributed by atoms with Gasteiger partial charge in [0.15, 0.2) is 0 Å². The lowest BCUT2D eigenvalue weighted by Gasteiger charge is -2.06. The molecule has 1 atom stereocenters. The van der Waals surface area contributed by atoms with Crippen molar-refractivity contribution in [3.8, 4) is 0 Å². The second kappa shape index (κ2) is 6.58. The van der Waals surface area contributed by atoms with Gasteiger partial charge >= 0.3 is 0 Å². The number of hydrogen-bond donors (Lipinski definition) is 0. The zero-order valence-corrected chi connectivity index (χ0v) is 11.7. The average Bonchev–Trinajstić information content (AvgIpc) is 2.19.